The summed E-state index contributed by atoms with van der Waals surface area (Å²) < 4.78 is 1.91. The van der Waals surface area contributed by atoms with Crippen LogP contribution >= 0.6 is 11.3 Å². The van der Waals surface area contributed by atoms with Gasteiger partial charge < -0.3 is 10.6 Å². The van der Waals surface area contributed by atoms with Gasteiger partial charge in [-0.15, -0.1) is 10.2 Å². The summed E-state index contributed by atoms with van der Waals surface area (Å²) in [5.41, 5.74) is 3.37. The quantitative estimate of drug-likeness (QED) is 0.841. The summed E-state index contributed by atoms with van der Waals surface area (Å²) in [6, 6.07) is 0. The zero-order valence-electron chi connectivity index (χ0n) is 11.4. The molecule has 0 unspecified atom stereocenters. The van der Waals surface area contributed by atoms with Gasteiger partial charge in [0.05, 0.1) is 12.2 Å². The molecule has 0 spiro atoms. The number of carbonyl (C=O) groups excluding carboxylic acids is 1. The summed E-state index contributed by atoms with van der Waals surface area (Å²) in [6.07, 6.45) is 0.975. The first-order valence-corrected chi connectivity index (χ1v) is 7.29. The zero-order chi connectivity index (χ0) is 14.1. The Balaban J connectivity index is 1.71. The number of aryl methyl sites for hydroxylation is 2. The van der Waals surface area contributed by atoms with Crippen molar-refractivity contribution in [2.75, 3.05) is 6.54 Å². The van der Waals surface area contributed by atoms with Gasteiger partial charge in [-0.05, 0) is 6.92 Å². The van der Waals surface area contributed by atoms with Gasteiger partial charge in [-0.3, -0.25) is 9.48 Å². The van der Waals surface area contributed by atoms with Gasteiger partial charge in [0.25, 0.3) is 5.91 Å². The Morgan fingerprint density at radius 1 is 1.50 bits per heavy atom. The predicted octanol–water partition coefficient (Wildman–Crippen LogP) is 0.156. The van der Waals surface area contributed by atoms with Crippen molar-refractivity contribution in [2.45, 2.75) is 26.4 Å². The van der Waals surface area contributed by atoms with E-state index < -0.39 is 0 Å². The van der Waals surface area contributed by atoms with Crippen LogP contribution < -0.4 is 10.6 Å². The lowest BCUT2D eigenvalue weighted by Crippen LogP contribution is -2.27. The largest absolute Gasteiger partial charge is 0.344 e. The molecule has 2 aromatic heterocycles. The topological polar surface area (TPSA) is 84.7 Å². The van der Waals surface area contributed by atoms with Crippen LogP contribution in [-0.2, 0) is 26.6 Å². The van der Waals surface area contributed by atoms with E-state index in [0.29, 0.717) is 11.6 Å². The molecule has 20 heavy (non-hydrogen) atoms. The minimum Gasteiger partial charge on any atom is -0.344 e. The van der Waals surface area contributed by atoms with E-state index in [4.69, 9.17) is 0 Å². The molecule has 0 atom stereocenters. The molecule has 0 aliphatic carbocycles. The number of nitrogens with zero attached hydrogens (tertiary/aromatic N) is 4. The second-order valence-corrected chi connectivity index (χ2v) is 5.91. The Morgan fingerprint density at radius 3 is 3.10 bits per heavy atom. The monoisotopic (exact) mass is 292 g/mol. The van der Waals surface area contributed by atoms with Crippen molar-refractivity contribution >= 4 is 17.2 Å². The molecular weight excluding hydrogens is 276 g/mol. The third kappa shape index (κ3) is 2.44. The van der Waals surface area contributed by atoms with Crippen LogP contribution in [0.3, 0.4) is 0 Å². The van der Waals surface area contributed by atoms with Gasteiger partial charge in [0.2, 0.25) is 5.01 Å². The summed E-state index contributed by atoms with van der Waals surface area (Å²) in [4.78, 5) is 12.0. The SMILES string of the molecule is Cc1nnc(C(=O)NCc2nn(C)c3c2CNCC3)s1. The highest BCUT2D eigenvalue weighted by molar-refractivity contribution is 7.13. The van der Waals surface area contributed by atoms with E-state index in [1.165, 1.54) is 22.6 Å². The van der Waals surface area contributed by atoms with E-state index in [0.717, 1.165) is 30.2 Å². The fourth-order valence-electron chi connectivity index (χ4n) is 2.37. The third-order valence-electron chi connectivity index (χ3n) is 3.34. The molecule has 0 fully saturated rings. The van der Waals surface area contributed by atoms with Crippen molar-refractivity contribution in [1.29, 1.82) is 0 Å². The molecule has 0 saturated carbocycles. The highest BCUT2D eigenvalue weighted by Gasteiger charge is 2.20. The maximum absolute atomic E-state index is 12.0. The molecule has 2 aromatic rings. The molecule has 0 saturated heterocycles. The number of hydrogen-bond acceptors (Lipinski definition) is 6. The molecule has 0 aromatic carbocycles. The number of carbonyl (C=O) groups is 1. The van der Waals surface area contributed by atoms with E-state index in [1.807, 2.05) is 18.7 Å². The lowest BCUT2D eigenvalue weighted by Gasteiger charge is -2.14. The average Bonchev–Trinajstić information content (AvgIpc) is 3.01. The Labute approximate surface area is 120 Å². The highest BCUT2D eigenvalue weighted by atomic mass is 32.1. The normalized spacial score (nSPS) is 14.1. The second kappa shape index (κ2) is 5.29. The molecule has 3 heterocycles. The first kappa shape index (κ1) is 13.2. The first-order valence-electron chi connectivity index (χ1n) is 6.48. The van der Waals surface area contributed by atoms with Crippen LogP contribution in [0.25, 0.3) is 0 Å². The smallest absolute Gasteiger partial charge is 0.282 e. The molecule has 8 heteroatoms. The lowest BCUT2D eigenvalue weighted by molar-refractivity contribution is 0.0949. The minimum absolute atomic E-state index is 0.196. The van der Waals surface area contributed by atoms with Crippen molar-refractivity contribution < 1.29 is 4.79 Å². The lowest BCUT2D eigenvalue weighted by atomic mass is 10.1. The Hall–Kier alpha value is -1.80. The molecular formula is C12H16N6OS. The van der Waals surface area contributed by atoms with Crippen LogP contribution in [0.1, 0.15) is 31.8 Å². The summed E-state index contributed by atoms with van der Waals surface area (Å²) in [5.74, 6) is -0.196. The molecule has 1 aliphatic rings. The van der Waals surface area contributed by atoms with E-state index in [1.54, 1.807) is 0 Å². The van der Waals surface area contributed by atoms with Gasteiger partial charge in [0, 0.05) is 37.8 Å². The Kier molecular flexibility index (Phi) is 3.49. The van der Waals surface area contributed by atoms with Crippen LogP contribution in [0.4, 0.5) is 0 Å². The molecule has 1 aliphatic heterocycles. The van der Waals surface area contributed by atoms with E-state index >= 15 is 0 Å². The highest BCUT2D eigenvalue weighted by Crippen LogP contribution is 2.17. The van der Waals surface area contributed by atoms with E-state index in [9.17, 15) is 4.79 Å². The van der Waals surface area contributed by atoms with Gasteiger partial charge in [-0.2, -0.15) is 5.10 Å². The minimum atomic E-state index is -0.196. The van der Waals surface area contributed by atoms with Crippen LogP contribution in [0, 0.1) is 6.92 Å². The van der Waals surface area contributed by atoms with Crippen molar-refractivity contribution in [2.24, 2.45) is 7.05 Å². The number of rotatable bonds is 3. The number of fused-ring (bicyclic) bond motifs is 1. The molecule has 2 N–H and O–H groups in total. The second-order valence-electron chi connectivity index (χ2n) is 4.73. The maximum Gasteiger partial charge on any atom is 0.282 e. The van der Waals surface area contributed by atoms with Crippen molar-refractivity contribution in [3.63, 3.8) is 0 Å². The molecule has 0 radical (unpaired) electrons. The summed E-state index contributed by atoms with van der Waals surface area (Å²) >= 11 is 1.29. The van der Waals surface area contributed by atoms with Gasteiger partial charge in [-0.25, -0.2) is 0 Å². The van der Waals surface area contributed by atoms with Crippen molar-refractivity contribution in [3.05, 3.63) is 27.0 Å². The number of nitrogens with one attached hydrogen (secondary N) is 2. The number of amides is 1. The predicted molar refractivity (Wildman–Crippen MR) is 74.4 cm³/mol. The Bertz CT molecular complexity index is 646. The molecule has 106 valence electrons. The standard InChI is InChI=1S/C12H16N6OS/c1-7-15-16-12(20-7)11(19)14-6-9-8-5-13-4-3-10(8)18(2)17-9/h13H,3-6H2,1-2H3,(H,14,19). The maximum atomic E-state index is 12.0. The van der Waals surface area contributed by atoms with Crippen LogP contribution in [0.2, 0.25) is 0 Å². The fourth-order valence-corrected chi connectivity index (χ4v) is 2.98. The Morgan fingerprint density at radius 2 is 2.35 bits per heavy atom. The molecule has 1 amide bonds. The van der Waals surface area contributed by atoms with Crippen LogP contribution in [-0.4, -0.2) is 32.4 Å². The van der Waals surface area contributed by atoms with Gasteiger partial charge in [0.15, 0.2) is 0 Å². The van der Waals surface area contributed by atoms with Crippen LogP contribution in [0.15, 0.2) is 0 Å². The first-order chi connectivity index (χ1) is 9.65. The van der Waals surface area contributed by atoms with Crippen molar-refractivity contribution in [3.8, 4) is 0 Å². The van der Waals surface area contributed by atoms with Gasteiger partial charge in [0.1, 0.15) is 5.01 Å². The van der Waals surface area contributed by atoms with E-state index in [2.05, 4.69) is 25.9 Å². The van der Waals surface area contributed by atoms with Gasteiger partial charge in [-0.1, -0.05) is 11.3 Å². The zero-order valence-corrected chi connectivity index (χ0v) is 12.3. The molecule has 3 rings (SSSR count). The number of hydrogen-bond donors (Lipinski definition) is 2. The third-order valence-corrected chi connectivity index (χ3v) is 4.17. The number of aromatic nitrogens is 4. The van der Waals surface area contributed by atoms with Crippen LogP contribution in [0.5, 0.6) is 0 Å². The van der Waals surface area contributed by atoms with Crippen molar-refractivity contribution in [1.82, 2.24) is 30.6 Å². The van der Waals surface area contributed by atoms with Gasteiger partial charge >= 0.3 is 0 Å². The molecule has 0 bridgehead atoms. The van der Waals surface area contributed by atoms with E-state index in [-0.39, 0.29) is 5.91 Å². The summed E-state index contributed by atoms with van der Waals surface area (Å²) in [7, 11) is 1.95. The molecule has 7 nitrogen and oxygen atoms in total. The summed E-state index contributed by atoms with van der Waals surface area (Å²) in [5, 5.41) is 19.5. The summed E-state index contributed by atoms with van der Waals surface area (Å²) in [6.45, 7) is 4.03. The fraction of sp³-hybridized carbons (Fsp3) is 0.500. The average molecular weight is 292 g/mol.